The van der Waals surface area contributed by atoms with Crippen LogP contribution < -0.4 is 4.74 Å². The quantitative estimate of drug-likeness (QED) is 0.0749. The molecule has 0 fully saturated rings. The van der Waals surface area contributed by atoms with Crippen molar-refractivity contribution in [3.63, 3.8) is 0 Å². The molecule has 0 saturated heterocycles. The molecular weight excluding hydrogens is 576 g/mol. The van der Waals surface area contributed by atoms with E-state index in [2.05, 4.69) is 16.9 Å². The van der Waals surface area contributed by atoms with Gasteiger partial charge in [-0.2, -0.15) is 0 Å². The summed E-state index contributed by atoms with van der Waals surface area (Å²) in [7, 11) is -3.31. The van der Waals surface area contributed by atoms with Crippen molar-refractivity contribution in [2.45, 2.75) is 154 Å². The summed E-state index contributed by atoms with van der Waals surface area (Å²) in [5.74, 6) is 0.0176. The summed E-state index contributed by atoms with van der Waals surface area (Å²) in [6.45, 7) is 4.65. The van der Waals surface area contributed by atoms with Crippen molar-refractivity contribution < 1.29 is 27.7 Å². The standard InChI is InChI=1S/C35H66N2O6S/c1-2-3-4-5-6-7-8-9-10-11-12-13-14-15-16-20-30-42-32-34(43-35-36-25-24-26-37-35)33-44(39,40)31-23-18-22-29-41-28-21-17-19-27-38/h24-26,34,38H,2-23,27-33H2,1H3. The Hall–Kier alpha value is -1.29. The van der Waals surface area contributed by atoms with Crippen molar-refractivity contribution in [2.24, 2.45) is 0 Å². The Bertz CT molecular complexity index is 828. The summed E-state index contributed by atoms with van der Waals surface area (Å²) < 4.78 is 42.9. The van der Waals surface area contributed by atoms with Crippen LogP contribution >= 0.6 is 0 Å². The number of hydrogen-bond acceptors (Lipinski definition) is 8. The molecule has 0 bridgehead atoms. The lowest BCUT2D eigenvalue weighted by Gasteiger charge is -2.18. The zero-order valence-corrected chi connectivity index (χ0v) is 28.9. The minimum Gasteiger partial charge on any atom is -0.457 e. The summed E-state index contributed by atoms with van der Waals surface area (Å²) in [6, 6.07) is 1.88. The van der Waals surface area contributed by atoms with E-state index in [4.69, 9.17) is 19.3 Å². The number of rotatable bonds is 34. The molecule has 1 heterocycles. The number of sulfone groups is 1. The third-order valence-corrected chi connectivity index (χ3v) is 9.68. The third kappa shape index (κ3) is 27.1. The van der Waals surface area contributed by atoms with E-state index in [1.165, 1.54) is 89.9 Å². The second kappa shape index (κ2) is 30.4. The Morgan fingerprint density at radius 1 is 0.636 bits per heavy atom. The summed E-state index contributed by atoms with van der Waals surface area (Å²) >= 11 is 0. The Morgan fingerprint density at radius 2 is 1.09 bits per heavy atom. The molecule has 1 atom stereocenters. The SMILES string of the molecule is CCCCCCCCCCCCCCCCCCOCC(CS(=O)(=O)CCCCCOCCCCCO)Oc1ncccn1. The fourth-order valence-corrected chi connectivity index (χ4v) is 6.78. The summed E-state index contributed by atoms with van der Waals surface area (Å²) in [5, 5.41) is 8.80. The van der Waals surface area contributed by atoms with Crippen molar-refractivity contribution in [1.82, 2.24) is 9.97 Å². The van der Waals surface area contributed by atoms with Crippen molar-refractivity contribution in [1.29, 1.82) is 0 Å². The van der Waals surface area contributed by atoms with Gasteiger partial charge in [0, 0.05) is 38.8 Å². The van der Waals surface area contributed by atoms with E-state index in [-0.39, 0.29) is 30.7 Å². The Labute approximate surface area is 270 Å². The highest BCUT2D eigenvalue weighted by atomic mass is 32.2. The second-order valence-electron chi connectivity index (χ2n) is 12.2. The van der Waals surface area contributed by atoms with E-state index in [9.17, 15) is 8.42 Å². The molecule has 0 aliphatic heterocycles. The van der Waals surface area contributed by atoms with E-state index < -0.39 is 15.9 Å². The average Bonchev–Trinajstić information content (AvgIpc) is 3.01. The first-order chi connectivity index (χ1) is 21.6. The van der Waals surface area contributed by atoms with Gasteiger partial charge in [0.15, 0.2) is 9.84 Å². The highest BCUT2D eigenvalue weighted by Gasteiger charge is 2.22. The van der Waals surface area contributed by atoms with Gasteiger partial charge in [0.1, 0.15) is 6.10 Å². The molecule has 258 valence electrons. The van der Waals surface area contributed by atoms with E-state index in [0.717, 1.165) is 44.9 Å². The van der Waals surface area contributed by atoms with Crippen LogP contribution in [0.1, 0.15) is 148 Å². The minimum atomic E-state index is -3.31. The number of aromatic nitrogens is 2. The van der Waals surface area contributed by atoms with Gasteiger partial charge in [0.05, 0.1) is 18.1 Å². The first-order valence-electron chi connectivity index (χ1n) is 18.0. The van der Waals surface area contributed by atoms with Gasteiger partial charge in [-0.1, -0.05) is 110 Å². The molecule has 44 heavy (non-hydrogen) atoms. The predicted molar refractivity (Wildman–Crippen MR) is 181 cm³/mol. The fourth-order valence-electron chi connectivity index (χ4n) is 5.24. The van der Waals surface area contributed by atoms with Crippen LogP contribution in [0.25, 0.3) is 0 Å². The molecule has 8 nitrogen and oxygen atoms in total. The molecule has 1 N–H and O–H groups in total. The predicted octanol–water partition coefficient (Wildman–Crippen LogP) is 8.27. The van der Waals surface area contributed by atoms with Crippen LogP contribution in [-0.2, 0) is 19.3 Å². The number of nitrogens with zero attached hydrogens (tertiary/aromatic N) is 2. The molecule has 0 amide bonds. The molecule has 0 radical (unpaired) electrons. The number of aliphatic hydroxyl groups is 1. The van der Waals surface area contributed by atoms with Crippen LogP contribution in [0.2, 0.25) is 0 Å². The Morgan fingerprint density at radius 3 is 1.61 bits per heavy atom. The average molecular weight is 643 g/mol. The lowest BCUT2D eigenvalue weighted by molar-refractivity contribution is 0.0534. The maximum absolute atomic E-state index is 12.8. The molecule has 0 aromatic carbocycles. The van der Waals surface area contributed by atoms with Gasteiger partial charge in [-0.25, -0.2) is 18.4 Å². The maximum atomic E-state index is 12.8. The van der Waals surface area contributed by atoms with Crippen molar-refractivity contribution in [3.05, 3.63) is 18.5 Å². The topological polar surface area (TPSA) is 108 Å². The van der Waals surface area contributed by atoms with Gasteiger partial charge in [-0.15, -0.1) is 0 Å². The zero-order valence-electron chi connectivity index (χ0n) is 28.1. The van der Waals surface area contributed by atoms with Crippen LogP contribution in [0.3, 0.4) is 0 Å². The molecule has 0 saturated carbocycles. The smallest absolute Gasteiger partial charge is 0.316 e. The van der Waals surface area contributed by atoms with Gasteiger partial charge >= 0.3 is 6.01 Å². The van der Waals surface area contributed by atoms with Gasteiger partial charge < -0.3 is 19.3 Å². The van der Waals surface area contributed by atoms with Crippen LogP contribution in [0.15, 0.2) is 18.5 Å². The summed E-state index contributed by atoms with van der Waals surface area (Å²) in [5.41, 5.74) is 0. The van der Waals surface area contributed by atoms with Gasteiger partial charge in [-0.3, -0.25) is 0 Å². The van der Waals surface area contributed by atoms with Crippen LogP contribution in [0.4, 0.5) is 0 Å². The van der Waals surface area contributed by atoms with E-state index >= 15 is 0 Å². The fraction of sp³-hybridized carbons (Fsp3) is 0.886. The Balaban J connectivity index is 2.12. The maximum Gasteiger partial charge on any atom is 0.316 e. The van der Waals surface area contributed by atoms with Crippen molar-refractivity contribution in [2.75, 3.05) is 44.5 Å². The lowest BCUT2D eigenvalue weighted by atomic mass is 10.0. The molecule has 1 unspecified atom stereocenters. The number of hydrogen-bond donors (Lipinski definition) is 1. The summed E-state index contributed by atoms with van der Waals surface area (Å²) in [4.78, 5) is 8.19. The van der Waals surface area contributed by atoms with Gasteiger partial charge in [-0.05, 0) is 44.6 Å². The normalized spacial score (nSPS) is 12.5. The molecule has 0 aliphatic rings. The molecule has 1 rings (SSSR count). The molecule has 0 spiro atoms. The van der Waals surface area contributed by atoms with E-state index in [1.54, 1.807) is 18.5 Å². The molecule has 9 heteroatoms. The van der Waals surface area contributed by atoms with Crippen LogP contribution in [-0.4, -0.2) is 74.1 Å². The monoisotopic (exact) mass is 642 g/mol. The van der Waals surface area contributed by atoms with Gasteiger partial charge in [0.2, 0.25) is 0 Å². The molecule has 1 aromatic heterocycles. The molecular formula is C35H66N2O6S. The van der Waals surface area contributed by atoms with Crippen molar-refractivity contribution >= 4 is 9.84 Å². The van der Waals surface area contributed by atoms with Crippen molar-refractivity contribution in [3.8, 4) is 6.01 Å². The minimum absolute atomic E-state index is 0.106. The highest BCUT2D eigenvalue weighted by Crippen LogP contribution is 2.14. The number of unbranched alkanes of at least 4 members (excludes halogenated alkanes) is 19. The van der Waals surface area contributed by atoms with Gasteiger partial charge in [0.25, 0.3) is 0 Å². The highest BCUT2D eigenvalue weighted by molar-refractivity contribution is 7.91. The number of aliphatic hydroxyl groups excluding tert-OH is 1. The lowest BCUT2D eigenvalue weighted by Crippen LogP contribution is -2.33. The van der Waals surface area contributed by atoms with Crippen LogP contribution in [0, 0.1) is 0 Å². The first-order valence-corrected chi connectivity index (χ1v) is 19.8. The molecule has 0 aliphatic carbocycles. The number of ether oxygens (including phenoxy) is 3. The van der Waals surface area contributed by atoms with E-state index in [0.29, 0.717) is 26.2 Å². The third-order valence-electron chi connectivity index (χ3n) is 7.89. The second-order valence-corrected chi connectivity index (χ2v) is 14.4. The summed E-state index contributed by atoms with van der Waals surface area (Å²) in [6.07, 6.45) is 28.8. The Kier molecular flexibility index (Phi) is 28.1. The zero-order chi connectivity index (χ0) is 31.8. The largest absolute Gasteiger partial charge is 0.457 e. The van der Waals surface area contributed by atoms with E-state index in [1.807, 2.05) is 0 Å². The van der Waals surface area contributed by atoms with Crippen LogP contribution in [0.5, 0.6) is 6.01 Å². The molecule has 1 aromatic rings. The first kappa shape index (κ1) is 40.7.